The molecule has 0 bridgehead atoms. The van der Waals surface area contributed by atoms with E-state index in [9.17, 15) is 14.4 Å². The lowest BCUT2D eigenvalue weighted by Gasteiger charge is -2.16. The Morgan fingerprint density at radius 3 is 2.56 bits per heavy atom. The maximum atomic E-state index is 13.4. The van der Waals surface area contributed by atoms with Crippen LogP contribution in [0.4, 0.5) is 5.69 Å². The summed E-state index contributed by atoms with van der Waals surface area (Å²) in [4.78, 5) is 42.1. The SMILES string of the molecule is CC(=O)CNC(=O)c1cc2ccccc2c(Br)c1NC(=O)c1cc(Br)cn1-c1ncccc1Cl. The van der Waals surface area contributed by atoms with Gasteiger partial charge in [-0.05, 0) is 73.8 Å². The molecule has 0 spiro atoms. The third-order valence-corrected chi connectivity index (χ3v) is 6.51. The molecule has 0 aliphatic rings. The van der Waals surface area contributed by atoms with Crippen LogP contribution >= 0.6 is 43.5 Å². The van der Waals surface area contributed by atoms with Crippen molar-refractivity contribution >= 4 is 77.5 Å². The molecule has 0 aliphatic carbocycles. The Morgan fingerprint density at radius 1 is 1.06 bits per heavy atom. The van der Waals surface area contributed by atoms with Gasteiger partial charge in [0.1, 0.15) is 11.5 Å². The number of halogens is 3. The Balaban J connectivity index is 1.79. The molecular weight excluding hydrogens is 588 g/mol. The van der Waals surface area contributed by atoms with Crippen LogP contribution in [0.5, 0.6) is 0 Å². The van der Waals surface area contributed by atoms with Gasteiger partial charge < -0.3 is 10.6 Å². The molecule has 0 aliphatic heterocycles. The van der Waals surface area contributed by atoms with Gasteiger partial charge in [-0.1, -0.05) is 35.9 Å². The molecule has 2 aromatic carbocycles. The van der Waals surface area contributed by atoms with Gasteiger partial charge in [-0.3, -0.25) is 19.0 Å². The number of Topliss-reactive ketones (excluding diaryl/α,β-unsaturated/α-hetero) is 1. The molecule has 2 N–H and O–H groups in total. The number of fused-ring (bicyclic) bond motifs is 1. The third kappa shape index (κ3) is 4.91. The van der Waals surface area contributed by atoms with Crippen molar-refractivity contribution in [1.29, 1.82) is 0 Å². The largest absolute Gasteiger partial charge is 0.345 e. The standard InChI is InChI=1S/C24H17Br2ClN4O3/c1-13(32)11-29-23(33)17-9-14-5-2-3-6-16(14)20(26)21(17)30-24(34)19-10-15(25)12-31(19)22-18(27)7-4-8-28-22/h2-10,12H,11H2,1H3,(H,29,33)(H,30,34). The van der Waals surface area contributed by atoms with Crippen molar-refractivity contribution in [2.75, 3.05) is 11.9 Å². The summed E-state index contributed by atoms with van der Waals surface area (Å²) in [5, 5.41) is 7.43. The van der Waals surface area contributed by atoms with Crippen molar-refractivity contribution in [3.05, 3.63) is 86.2 Å². The van der Waals surface area contributed by atoms with E-state index in [-0.39, 0.29) is 29.3 Å². The molecule has 172 valence electrons. The van der Waals surface area contributed by atoms with Crippen molar-refractivity contribution in [3.8, 4) is 5.82 Å². The molecule has 2 aromatic heterocycles. The van der Waals surface area contributed by atoms with E-state index in [1.807, 2.05) is 24.3 Å². The highest BCUT2D eigenvalue weighted by molar-refractivity contribution is 9.11. The van der Waals surface area contributed by atoms with Gasteiger partial charge in [-0.25, -0.2) is 4.98 Å². The average Bonchev–Trinajstić information content (AvgIpc) is 3.21. The van der Waals surface area contributed by atoms with Gasteiger partial charge in [0.2, 0.25) is 0 Å². The maximum absolute atomic E-state index is 13.4. The second-order valence-electron chi connectivity index (χ2n) is 7.40. The molecule has 0 radical (unpaired) electrons. The summed E-state index contributed by atoms with van der Waals surface area (Å²) in [7, 11) is 0. The molecule has 0 saturated carbocycles. The lowest BCUT2D eigenvalue weighted by molar-refractivity contribution is -0.116. The molecule has 34 heavy (non-hydrogen) atoms. The predicted octanol–water partition coefficient (Wildman–Crippen LogP) is 5.78. The van der Waals surface area contributed by atoms with Crippen LogP contribution in [0.3, 0.4) is 0 Å². The van der Waals surface area contributed by atoms with Gasteiger partial charge in [0.25, 0.3) is 11.8 Å². The van der Waals surface area contributed by atoms with E-state index in [0.717, 1.165) is 10.8 Å². The minimum absolute atomic E-state index is 0.120. The lowest BCUT2D eigenvalue weighted by atomic mass is 10.0. The Hall–Kier alpha value is -3.01. The summed E-state index contributed by atoms with van der Waals surface area (Å²) in [5.41, 5.74) is 0.747. The van der Waals surface area contributed by atoms with Crippen LogP contribution < -0.4 is 10.6 Å². The van der Waals surface area contributed by atoms with Crippen LogP contribution in [-0.4, -0.2) is 33.7 Å². The highest BCUT2D eigenvalue weighted by Gasteiger charge is 2.23. The number of nitrogens with zero attached hydrogens (tertiary/aromatic N) is 2. The van der Waals surface area contributed by atoms with Gasteiger partial charge in [0, 0.05) is 21.3 Å². The number of hydrogen-bond donors (Lipinski definition) is 2. The van der Waals surface area contributed by atoms with Crippen LogP contribution in [0.25, 0.3) is 16.6 Å². The van der Waals surface area contributed by atoms with Crippen molar-refractivity contribution < 1.29 is 14.4 Å². The van der Waals surface area contributed by atoms with E-state index >= 15 is 0 Å². The fourth-order valence-corrected chi connectivity index (χ4v) is 4.73. The average molecular weight is 605 g/mol. The Bertz CT molecular complexity index is 1450. The van der Waals surface area contributed by atoms with E-state index in [4.69, 9.17) is 11.6 Å². The smallest absolute Gasteiger partial charge is 0.272 e. The summed E-state index contributed by atoms with van der Waals surface area (Å²) in [5.74, 6) is -0.768. The molecule has 2 heterocycles. The minimum atomic E-state index is -0.485. The quantitative estimate of drug-likeness (QED) is 0.292. The van der Waals surface area contributed by atoms with Crippen molar-refractivity contribution in [3.63, 3.8) is 0 Å². The van der Waals surface area contributed by atoms with Gasteiger partial charge in [-0.15, -0.1) is 0 Å². The van der Waals surface area contributed by atoms with Crippen LogP contribution in [0, 0.1) is 0 Å². The first-order chi connectivity index (χ1) is 16.3. The second-order valence-corrected chi connectivity index (χ2v) is 9.51. The number of ketones is 1. The number of hydrogen-bond acceptors (Lipinski definition) is 4. The zero-order valence-corrected chi connectivity index (χ0v) is 21.7. The molecule has 0 fully saturated rings. The minimum Gasteiger partial charge on any atom is -0.345 e. The van der Waals surface area contributed by atoms with Gasteiger partial charge in [0.05, 0.1) is 22.8 Å². The molecule has 4 aromatic rings. The molecule has 0 unspecified atom stereocenters. The summed E-state index contributed by atoms with van der Waals surface area (Å²) >= 11 is 13.3. The number of benzene rings is 2. The first-order valence-corrected chi connectivity index (χ1v) is 12.0. The van der Waals surface area contributed by atoms with Crippen LogP contribution in [0.2, 0.25) is 5.02 Å². The highest BCUT2D eigenvalue weighted by atomic mass is 79.9. The third-order valence-electron chi connectivity index (χ3n) is 4.95. The highest BCUT2D eigenvalue weighted by Crippen LogP contribution is 2.35. The normalized spacial score (nSPS) is 10.8. The first kappa shape index (κ1) is 24.1. The Labute approximate surface area is 216 Å². The molecule has 4 rings (SSSR count). The summed E-state index contributed by atoms with van der Waals surface area (Å²) in [6.45, 7) is 1.26. The van der Waals surface area contributed by atoms with E-state index in [1.165, 1.54) is 6.92 Å². The van der Waals surface area contributed by atoms with Crippen molar-refractivity contribution in [2.24, 2.45) is 0 Å². The number of carbonyl (C=O) groups excluding carboxylic acids is 3. The Kier molecular flexibility index (Phi) is 7.16. The molecular formula is C24H17Br2ClN4O3. The second kappa shape index (κ2) is 10.1. The molecule has 0 saturated heterocycles. The molecule has 0 atom stereocenters. The van der Waals surface area contributed by atoms with Gasteiger partial charge >= 0.3 is 0 Å². The monoisotopic (exact) mass is 602 g/mol. The fourth-order valence-electron chi connectivity index (χ4n) is 3.42. The van der Waals surface area contributed by atoms with Crippen LogP contribution in [0.15, 0.2) is 69.9 Å². The number of carbonyl (C=O) groups is 3. The number of amides is 2. The number of rotatable bonds is 6. The topological polar surface area (TPSA) is 93.1 Å². The van der Waals surface area contributed by atoms with E-state index < -0.39 is 11.8 Å². The number of anilines is 1. The lowest BCUT2D eigenvalue weighted by Crippen LogP contribution is -2.29. The van der Waals surface area contributed by atoms with E-state index in [1.54, 1.807) is 41.2 Å². The fraction of sp³-hybridized carbons (Fsp3) is 0.0833. The maximum Gasteiger partial charge on any atom is 0.272 e. The number of nitrogens with one attached hydrogen (secondary N) is 2. The van der Waals surface area contributed by atoms with Crippen LogP contribution in [-0.2, 0) is 4.79 Å². The van der Waals surface area contributed by atoms with Gasteiger partial charge in [-0.2, -0.15) is 0 Å². The number of aromatic nitrogens is 2. The van der Waals surface area contributed by atoms with Crippen LogP contribution in [0.1, 0.15) is 27.8 Å². The van der Waals surface area contributed by atoms with E-state index in [2.05, 4.69) is 47.5 Å². The first-order valence-electron chi connectivity index (χ1n) is 10.0. The molecule has 2 amide bonds. The molecule has 10 heteroatoms. The van der Waals surface area contributed by atoms with E-state index in [0.29, 0.717) is 19.8 Å². The zero-order chi connectivity index (χ0) is 24.4. The summed E-state index contributed by atoms with van der Waals surface area (Å²) in [6, 6.07) is 14.1. The summed E-state index contributed by atoms with van der Waals surface area (Å²) < 4.78 is 2.75. The summed E-state index contributed by atoms with van der Waals surface area (Å²) in [6.07, 6.45) is 3.26. The zero-order valence-electron chi connectivity index (χ0n) is 17.7. The Morgan fingerprint density at radius 2 is 1.82 bits per heavy atom. The molecule has 7 nitrogen and oxygen atoms in total. The van der Waals surface area contributed by atoms with Crippen molar-refractivity contribution in [1.82, 2.24) is 14.9 Å². The predicted molar refractivity (Wildman–Crippen MR) is 139 cm³/mol. The van der Waals surface area contributed by atoms with Gasteiger partial charge in [0.15, 0.2) is 5.82 Å². The van der Waals surface area contributed by atoms with Crippen molar-refractivity contribution in [2.45, 2.75) is 6.92 Å². The number of pyridine rings is 1.